The summed E-state index contributed by atoms with van der Waals surface area (Å²) >= 11 is 11.8. The number of nitro groups is 1. The van der Waals surface area contributed by atoms with Crippen molar-refractivity contribution in [3.05, 3.63) is 79.8 Å². The molecule has 10 heteroatoms. The molecule has 30 heavy (non-hydrogen) atoms. The molecule has 2 amide bonds. The van der Waals surface area contributed by atoms with Gasteiger partial charge in [0.05, 0.1) is 0 Å². The van der Waals surface area contributed by atoms with Gasteiger partial charge in [0.2, 0.25) is 0 Å². The fourth-order valence-corrected chi connectivity index (χ4v) is 4.42. The zero-order valence-corrected chi connectivity index (χ0v) is 17.4. The van der Waals surface area contributed by atoms with Gasteiger partial charge in [-0.15, -0.1) is 0 Å². The maximum Gasteiger partial charge on any atom is 0.304 e. The quantitative estimate of drug-likeness (QED) is 0.566. The van der Waals surface area contributed by atoms with Crippen molar-refractivity contribution in [2.45, 2.75) is 5.54 Å². The summed E-state index contributed by atoms with van der Waals surface area (Å²) in [5, 5.41) is 13.1. The minimum Gasteiger partial charge on any atom is -0.295 e. The largest absolute Gasteiger partial charge is 0.304 e. The van der Waals surface area contributed by atoms with E-state index in [1.807, 2.05) is 0 Å². The van der Waals surface area contributed by atoms with Gasteiger partial charge in [0.25, 0.3) is 11.8 Å². The SMILES string of the molecule is O=C(c1ccc(Cl)cc1)N1C[NH+]2CN(C(=O)c3ccc(Cl)cc3)CC([N+](=O)[O-])(C1)C2. The molecule has 2 fully saturated rings. The Kier molecular flexibility index (Phi) is 5.40. The summed E-state index contributed by atoms with van der Waals surface area (Å²) in [5.74, 6) is -0.569. The van der Waals surface area contributed by atoms with E-state index in [0.29, 0.717) is 21.2 Å². The van der Waals surface area contributed by atoms with Gasteiger partial charge < -0.3 is 0 Å². The third-order valence-electron chi connectivity index (χ3n) is 5.52. The normalized spacial score (nSPS) is 23.2. The van der Waals surface area contributed by atoms with E-state index in [2.05, 4.69) is 0 Å². The summed E-state index contributed by atoms with van der Waals surface area (Å²) in [6.45, 7) is 0.697. The Morgan fingerprint density at radius 3 is 1.63 bits per heavy atom. The Balaban J connectivity index is 1.57. The molecule has 2 bridgehead atoms. The van der Waals surface area contributed by atoms with Crippen LogP contribution in [0, 0.1) is 10.1 Å². The predicted molar refractivity (Wildman–Crippen MR) is 110 cm³/mol. The first-order valence-electron chi connectivity index (χ1n) is 9.35. The number of rotatable bonds is 3. The summed E-state index contributed by atoms with van der Waals surface area (Å²) in [6, 6.07) is 12.9. The lowest BCUT2D eigenvalue weighted by molar-refractivity contribution is -0.950. The second-order valence-electron chi connectivity index (χ2n) is 7.74. The number of benzene rings is 2. The smallest absolute Gasteiger partial charge is 0.295 e. The van der Waals surface area contributed by atoms with Crippen LogP contribution in [0.2, 0.25) is 10.0 Å². The van der Waals surface area contributed by atoms with Crippen LogP contribution in [0.1, 0.15) is 20.7 Å². The zero-order chi connectivity index (χ0) is 21.5. The van der Waals surface area contributed by atoms with Crippen molar-refractivity contribution in [2.75, 3.05) is 33.0 Å². The molecule has 0 aliphatic carbocycles. The standard InChI is InChI=1S/C20H18Cl2N4O4/c21-16-5-1-14(2-6-16)18(27)24-10-20(26(29)30)9-23(12-24)13-25(11-20)19(28)15-3-7-17(22)8-4-15/h1-8H,9-13H2/p+1. The minimum atomic E-state index is -1.42. The topological polar surface area (TPSA) is 88.2 Å². The van der Waals surface area contributed by atoms with E-state index in [-0.39, 0.29) is 49.7 Å². The second kappa shape index (κ2) is 7.86. The van der Waals surface area contributed by atoms with Crippen molar-refractivity contribution >= 4 is 35.0 Å². The fourth-order valence-electron chi connectivity index (χ4n) is 4.17. The molecule has 2 aromatic carbocycles. The van der Waals surface area contributed by atoms with Crippen molar-refractivity contribution in [2.24, 2.45) is 0 Å². The third kappa shape index (κ3) is 3.86. The number of fused-ring (bicyclic) bond motifs is 2. The van der Waals surface area contributed by atoms with Crippen molar-refractivity contribution in [1.82, 2.24) is 9.80 Å². The van der Waals surface area contributed by atoms with Crippen molar-refractivity contribution in [3.8, 4) is 0 Å². The number of nitrogens with zero attached hydrogens (tertiary/aromatic N) is 3. The number of nitrogens with one attached hydrogen (secondary N) is 1. The lowest BCUT2D eigenvalue weighted by Gasteiger charge is -2.46. The van der Waals surface area contributed by atoms with Gasteiger partial charge in [-0.1, -0.05) is 23.2 Å². The highest BCUT2D eigenvalue weighted by molar-refractivity contribution is 6.31. The molecular formula is C20H19Cl2N4O4+. The van der Waals surface area contributed by atoms with E-state index in [4.69, 9.17) is 23.2 Å². The van der Waals surface area contributed by atoms with E-state index < -0.39 is 5.54 Å². The summed E-state index contributed by atoms with van der Waals surface area (Å²) < 4.78 is 0. The van der Waals surface area contributed by atoms with E-state index in [9.17, 15) is 19.7 Å². The lowest BCUT2D eigenvalue weighted by atomic mass is 9.93. The van der Waals surface area contributed by atoms with E-state index in [1.54, 1.807) is 48.5 Å². The summed E-state index contributed by atoms with van der Waals surface area (Å²) in [5.41, 5.74) is -0.573. The first-order chi connectivity index (χ1) is 14.3. The molecule has 156 valence electrons. The Labute approximate surface area is 182 Å². The van der Waals surface area contributed by atoms with E-state index >= 15 is 0 Å². The molecule has 0 saturated carbocycles. The van der Waals surface area contributed by atoms with Crippen LogP contribution in [0.25, 0.3) is 0 Å². The summed E-state index contributed by atoms with van der Waals surface area (Å²) in [6.07, 6.45) is 0. The molecule has 1 N–H and O–H groups in total. The molecule has 0 atom stereocenters. The number of carbonyl (C=O) groups excluding carboxylic acids is 2. The maximum absolute atomic E-state index is 12.9. The van der Waals surface area contributed by atoms with Gasteiger partial charge >= 0.3 is 5.54 Å². The van der Waals surface area contributed by atoms with Crippen molar-refractivity contribution in [1.29, 1.82) is 0 Å². The number of amides is 2. The molecule has 0 aromatic heterocycles. The van der Waals surface area contributed by atoms with E-state index in [1.165, 1.54) is 9.80 Å². The average molecular weight is 450 g/mol. The molecule has 0 radical (unpaired) electrons. The highest BCUT2D eigenvalue weighted by Crippen LogP contribution is 2.22. The van der Waals surface area contributed by atoms with Crippen molar-refractivity contribution in [3.63, 3.8) is 0 Å². The van der Waals surface area contributed by atoms with Gasteiger partial charge in [-0.05, 0) is 48.5 Å². The van der Waals surface area contributed by atoms with Crippen molar-refractivity contribution < 1.29 is 19.4 Å². The third-order valence-corrected chi connectivity index (χ3v) is 6.03. The Hall–Kier alpha value is -2.68. The number of halogens is 2. The van der Waals surface area contributed by atoms with Crippen LogP contribution in [-0.2, 0) is 0 Å². The Morgan fingerprint density at radius 2 is 1.27 bits per heavy atom. The molecule has 0 unspecified atom stereocenters. The number of carbonyl (C=O) groups is 2. The number of quaternary nitrogens is 1. The second-order valence-corrected chi connectivity index (χ2v) is 8.62. The Morgan fingerprint density at radius 1 is 0.867 bits per heavy atom. The monoisotopic (exact) mass is 449 g/mol. The minimum absolute atomic E-state index is 0.0602. The molecular weight excluding hydrogens is 431 g/mol. The highest BCUT2D eigenvalue weighted by Gasteiger charge is 2.58. The van der Waals surface area contributed by atoms with Gasteiger partial charge in [-0.25, -0.2) is 0 Å². The van der Waals surface area contributed by atoms with Crippen LogP contribution < -0.4 is 4.90 Å². The van der Waals surface area contributed by atoms with Gasteiger partial charge in [0.15, 0.2) is 19.9 Å². The number of hydrogen-bond acceptors (Lipinski definition) is 4. The first kappa shape index (κ1) is 20.6. The van der Waals surface area contributed by atoms with Crippen LogP contribution in [0.5, 0.6) is 0 Å². The number of hydrogen-bond donors (Lipinski definition) is 1. The molecule has 2 heterocycles. The van der Waals surface area contributed by atoms with Gasteiger partial charge in [0.1, 0.15) is 13.1 Å². The van der Waals surface area contributed by atoms with E-state index in [0.717, 1.165) is 4.90 Å². The predicted octanol–water partition coefficient (Wildman–Crippen LogP) is 1.42. The zero-order valence-electron chi connectivity index (χ0n) is 15.9. The average Bonchev–Trinajstić information content (AvgIpc) is 2.73. The molecule has 8 nitrogen and oxygen atoms in total. The summed E-state index contributed by atoms with van der Waals surface area (Å²) in [4.78, 5) is 41.4. The molecule has 2 saturated heterocycles. The fraction of sp³-hybridized carbons (Fsp3) is 0.300. The van der Waals surface area contributed by atoms with Crippen LogP contribution in [0.15, 0.2) is 48.5 Å². The molecule has 2 aromatic rings. The molecule has 2 aliphatic heterocycles. The van der Waals surface area contributed by atoms with Crippen LogP contribution in [-0.4, -0.2) is 65.0 Å². The van der Waals surface area contributed by atoms with Gasteiger partial charge in [-0.3, -0.25) is 34.4 Å². The molecule has 2 aliphatic rings. The Bertz CT molecular complexity index is 927. The lowest BCUT2D eigenvalue weighted by Crippen LogP contribution is -3.21. The highest BCUT2D eigenvalue weighted by atomic mass is 35.5. The van der Waals surface area contributed by atoms with Crippen LogP contribution >= 0.6 is 23.2 Å². The summed E-state index contributed by atoms with van der Waals surface area (Å²) in [7, 11) is 0. The molecule has 0 spiro atoms. The first-order valence-corrected chi connectivity index (χ1v) is 10.1. The maximum atomic E-state index is 12.9. The van der Waals surface area contributed by atoms with Crippen LogP contribution in [0.4, 0.5) is 0 Å². The molecule has 4 rings (SSSR count). The van der Waals surface area contributed by atoms with Gasteiger partial charge in [0, 0.05) is 26.1 Å². The van der Waals surface area contributed by atoms with Gasteiger partial charge in [-0.2, -0.15) is 0 Å². The van der Waals surface area contributed by atoms with Crippen LogP contribution in [0.3, 0.4) is 0 Å².